The Hall–Kier alpha value is -4.43. The number of hydrogen-bond donors (Lipinski definition) is 3. The van der Waals surface area contributed by atoms with Gasteiger partial charge in [0.15, 0.2) is 5.82 Å². The molecule has 1 atom stereocenters. The summed E-state index contributed by atoms with van der Waals surface area (Å²) in [6.07, 6.45) is 7.85. The molecule has 32 heavy (non-hydrogen) atoms. The van der Waals surface area contributed by atoms with Crippen LogP contribution in [0.1, 0.15) is 21.7 Å². The molecular weight excluding hydrogens is 404 g/mol. The minimum absolute atomic E-state index is 0.200. The van der Waals surface area contributed by atoms with Crippen LogP contribution in [0.15, 0.2) is 91.6 Å². The van der Waals surface area contributed by atoms with E-state index in [0.717, 1.165) is 16.5 Å². The van der Waals surface area contributed by atoms with Crippen molar-refractivity contribution in [1.29, 1.82) is 0 Å². The van der Waals surface area contributed by atoms with Crippen LogP contribution in [-0.4, -0.2) is 36.2 Å². The maximum Gasteiger partial charge on any atom is 0.255 e. The fourth-order valence-electron chi connectivity index (χ4n) is 3.60. The van der Waals surface area contributed by atoms with Crippen LogP contribution in [0.4, 0.5) is 0 Å². The van der Waals surface area contributed by atoms with Gasteiger partial charge in [-0.3, -0.25) is 9.78 Å². The standard InChI is InChI=1S/C24H18N6O2/c31-22(29-24(32,23-26-10-11-27-23)18-6-2-1-3-7-18)17-12-16(13-25-14-17)20-15-28-30-21-9-5-4-8-19(20)21/h1-15,32H,(H,26,27)(H,29,31)/t24-/m1/s1. The highest BCUT2D eigenvalue weighted by molar-refractivity contribution is 5.98. The molecule has 0 aliphatic heterocycles. The van der Waals surface area contributed by atoms with Gasteiger partial charge in [0.05, 0.1) is 17.3 Å². The SMILES string of the molecule is O=C(N[C@@](O)(c1ccccc1)c1ncc[nH]1)c1cncc(-c2cnnc3ccccc23)c1. The van der Waals surface area contributed by atoms with Crippen LogP contribution >= 0.6 is 0 Å². The number of H-pyrrole nitrogens is 1. The Morgan fingerprint density at radius 1 is 1.00 bits per heavy atom. The van der Waals surface area contributed by atoms with Crippen molar-refractivity contribution in [3.8, 4) is 11.1 Å². The van der Waals surface area contributed by atoms with Gasteiger partial charge in [-0.2, -0.15) is 10.2 Å². The van der Waals surface area contributed by atoms with Gasteiger partial charge in [0, 0.05) is 46.9 Å². The van der Waals surface area contributed by atoms with Crippen molar-refractivity contribution in [3.63, 3.8) is 0 Å². The highest BCUT2D eigenvalue weighted by Crippen LogP contribution is 2.28. The van der Waals surface area contributed by atoms with Crippen molar-refractivity contribution in [2.45, 2.75) is 5.72 Å². The van der Waals surface area contributed by atoms with Crippen LogP contribution in [0, 0.1) is 0 Å². The number of carbonyl (C=O) groups excluding carboxylic acids is 1. The van der Waals surface area contributed by atoms with Gasteiger partial charge >= 0.3 is 0 Å². The van der Waals surface area contributed by atoms with Crippen LogP contribution in [0.5, 0.6) is 0 Å². The minimum atomic E-state index is -1.84. The lowest BCUT2D eigenvalue weighted by molar-refractivity contribution is 0.0308. The van der Waals surface area contributed by atoms with Crippen molar-refractivity contribution in [3.05, 3.63) is 109 Å². The molecule has 0 saturated heterocycles. The van der Waals surface area contributed by atoms with Gasteiger partial charge in [-0.25, -0.2) is 4.98 Å². The normalized spacial score (nSPS) is 12.9. The quantitative estimate of drug-likeness (QED) is 0.375. The Bertz CT molecular complexity index is 1380. The number of benzene rings is 2. The molecule has 3 aromatic heterocycles. The van der Waals surface area contributed by atoms with Crippen LogP contribution in [0.3, 0.4) is 0 Å². The van der Waals surface area contributed by atoms with Crippen molar-refractivity contribution in [2.24, 2.45) is 0 Å². The molecule has 0 aliphatic carbocycles. The monoisotopic (exact) mass is 422 g/mol. The van der Waals surface area contributed by atoms with E-state index in [2.05, 4.69) is 30.5 Å². The van der Waals surface area contributed by atoms with Gasteiger partial charge in [-0.15, -0.1) is 0 Å². The third-order valence-corrected chi connectivity index (χ3v) is 5.18. The number of rotatable bonds is 5. The summed E-state index contributed by atoms with van der Waals surface area (Å²) in [6, 6.07) is 18.1. The Labute approximate surface area is 183 Å². The summed E-state index contributed by atoms with van der Waals surface area (Å²) in [7, 11) is 0. The topological polar surface area (TPSA) is 117 Å². The summed E-state index contributed by atoms with van der Waals surface area (Å²) < 4.78 is 0. The number of amides is 1. The first kappa shape index (κ1) is 19.5. The van der Waals surface area contributed by atoms with E-state index in [0.29, 0.717) is 11.1 Å². The molecule has 3 N–H and O–H groups in total. The van der Waals surface area contributed by atoms with Gasteiger partial charge in [0.2, 0.25) is 5.72 Å². The fourth-order valence-corrected chi connectivity index (χ4v) is 3.60. The molecule has 5 aromatic rings. The van der Waals surface area contributed by atoms with Crippen molar-refractivity contribution < 1.29 is 9.90 Å². The van der Waals surface area contributed by atoms with Crippen molar-refractivity contribution >= 4 is 16.8 Å². The number of aliphatic hydroxyl groups is 1. The molecule has 0 spiro atoms. The third kappa shape index (κ3) is 3.48. The molecule has 1 amide bonds. The lowest BCUT2D eigenvalue weighted by Gasteiger charge is -2.27. The second-order valence-corrected chi connectivity index (χ2v) is 7.21. The van der Waals surface area contributed by atoms with E-state index in [9.17, 15) is 9.90 Å². The molecule has 0 aliphatic rings. The molecule has 3 heterocycles. The predicted octanol–water partition coefficient (Wildman–Crippen LogP) is 3.04. The zero-order valence-electron chi connectivity index (χ0n) is 16.8. The van der Waals surface area contributed by atoms with Gasteiger partial charge in [-0.1, -0.05) is 48.5 Å². The number of nitrogens with zero attached hydrogens (tertiary/aromatic N) is 4. The van der Waals surface area contributed by atoms with Gasteiger partial charge in [0.25, 0.3) is 5.91 Å². The van der Waals surface area contributed by atoms with Crippen LogP contribution < -0.4 is 5.32 Å². The number of fused-ring (bicyclic) bond motifs is 1. The molecule has 0 saturated carbocycles. The molecule has 156 valence electrons. The average molecular weight is 422 g/mol. The Morgan fingerprint density at radius 2 is 1.81 bits per heavy atom. The van der Waals surface area contributed by atoms with E-state index in [1.807, 2.05) is 30.3 Å². The summed E-state index contributed by atoms with van der Waals surface area (Å²) in [6.45, 7) is 0. The molecule has 8 heteroatoms. The zero-order valence-corrected chi connectivity index (χ0v) is 16.8. The Balaban J connectivity index is 1.52. The molecule has 0 radical (unpaired) electrons. The highest BCUT2D eigenvalue weighted by Gasteiger charge is 2.36. The molecule has 8 nitrogen and oxygen atoms in total. The molecule has 0 fully saturated rings. The molecule has 0 bridgehead atoms. The summed E-state index contributed by atoms with van der Waals surface area (Å²) >= 11 is 0. The first-order chi connectivity index (χ1) is 15.6. The summed E-state index contributed by atoms with van der Waals surface area (Å²) in [4.78, 5) is 24.5. The van der Waals surface area contributed by atoms with E-state index in [4.69, 9.17) is 0 Å². The molecule has 0 unspecified atom stereocenters. The number of pyridine rings is 1. The Kier molecular flexibility index (Phi) is 4.89. The first-order valence-electron chi connectivity index (χ1n) is 9.91. The van der Waals surface area contributed by atoms with E-state index in [1.54, 1.807) is 48.9 Å². The van der Waals surface area contributed by atoms with Crippen LogP contribution in [-0.2, 0) is 5.72 Å². The largest absolute Gasteiger partial charge is 0.361 e. The maximum atomic E-state index is 13.2. The minimum Gasteiger partial charge on any atom is -0.361 e. The maximum absolute atomic E-state index is 13.2. The first-order valence-corrected chi connectivity index (χ1v) is 9.91. The lowest BCUT2D eigenvalue weighted by atomic mass is 10.0. The van der Waals surface area contributed by atoms with Crippen molar-refractivity contribution in [1.82, 2.24) is 30.5 Å². The van der Waals surface area contributed by atoms with Crippen LogP contribution in [0.25, 0.3) is 22.0 Å². The second kappa shape index (κ2) is 8.01. The fraction of sp³-hybridized carbons (Fsp3) is 0.0417. The number of nitrogens with one attached hydrogen (secondary N) is 2. The summed E-state index contributed by atoms with van der Waals surface area (Å²) in [5.41, 5.74) is 1.17. The summed E-state index contributed by atoms with van der Waals surface area (Å²) in [5.74, 6) is -0.307. The molecule has 2 aromatic carbocycles. The highest BCUT2D eigenvalue weighted by atomic mass is 16.3. The van der Waals surface area contributed by atoms with E-state index in [-0.39, 0.29) is 11.4 Å². The number of hydrogen-bond acceptors (Lipinski definition) is 6. The molecular formula is C24H18N6O2. The lowest BCUT2D eigenvalue weighted by Crippen LogP contribution is -2.47. The number of carbonyl (C=O) groups is 1. The van der Waals surface area contributed by atoms with E-state index >= 15 is 0 Å². The summed E-state index contributed by atoms with van der Waals surface area (Å²) in [5, 5.41) is 23.2. The zero-order chi connectivity index (χ0) is 22.0. The van der Waals surface area contributed by atoms with Crippen molar-refractivity contribution in [2.75, 3.05) is 0 Å². The molecule has 5 rings (SSSR count). The van der Waals surface area contributed by atoms with E-state index < -0.39 is 11.6 Å². The van der Waals surface area contributed by atoms with Gasteiger partial charge in [-0.05, 0) is 12.1 Å². The second-order valence-electron chi connectivity index (χ2n) is 7.21. The number of aromatic amines is 1. The number of imidazole rings is 1. The van der Waals surface area contributed by atoms with Crippen LogP contribution in [0.2, 0.25) is 0 Å². The third-order valence-electron chi connectivity index (χ3n) is 5.18. The van der Waals surface area contributed by atoms with Gasteiger partial charge < -0.3 is 15.4 Å². The predicted molar refractivity (Wildman–Crippen MR) is 118 cm³/mol. The smallest absolute Gasteiger partial charge is 0.255 e. The van der Waals surface area contributed by atoms with E-state index in [1.165, 1.54) is 12.4 Å². The average Bonchev–Trinajstić information content (AvgIpc) is 3.40. The van der Waals surface area contributed by atoms with Gasteiger partial charge in [0.1, 0.15) is 0 Å². The number of aromatic nitrogens is 5. The Morgan fingerprint density at radius 3 is 2.62 bits per heavy atom.